The Balaban J connectivity index is 1.75. The molecule has 2 nitrogen and oxygen atoms in total. The first-order valence-electron chi connectivity index (χ1n) is 9.42. The van der Waals surface area contributed by atoms with Crippen LogP contribution in [0.1, 0.15) is 77.0 Å². The average molecular weight is 319 g/mol. The van der Waals surface area contributed by atoms with Gasteiger partial charge in [0.05, 0.1) is 0 Å². The van der Waals surface area contributed by atoms with Crippen LogP contribution in [0.4, 0.5) is 0 Å². The minimum absolute atomic E-state index is 0.0825. The van der Waals surface area contributed by atoms with Crippen molar-refractivity contribution in [2.24, 2.45) is 0 Å². The number of allylic oxidation sites excluding steroid dienone is 3. The van der Waals surface area contributed by atoms with Crippen molar-refractivity contribution in [2.45, 2.75) is 83.3 Å². The zero-order chi connectivity index (χ0) is 16.4. The first-order valence-corrected chi connectivity index (χ1v) is 9.42. The van der Waals surface area contributed by atoms with E-state index in [0.29, 0.717) is 0 Å². The minimum Gasteiger partial charge on any atom is -0.353 e. The number of hydrogen-bond donors (Lipinski definition) is 0. The van der Waals surface area contributed by atoms with Crippen molar-refractivity contribution in [1.29, 1.82) is 0 Å². The number of unbranched alkanes of at least 4 members (excludes halogenated alkanes) is 8. The van der Waals surface area contributed by atoms with E-state index in [-0.39, 0.29) is 6.29 Å². The minimum atomic E-state index is 0.0825. The molecule has 1 aliphatic rings. The monoisotopic (exact) mass is 318 g/mol. The van der Waals surface area contributed by atoms with Crippen LogP contribution in [0.3, 0.4) is 0 Å². The summed E-state index contributed by atoms with van der Waals surface area (Å²) in [5.41, 5.74) is 0. The van der Waals surface area contributed by atoms with Gasteiger partial charge in [-0.25, -0.2) is 0 Å². The highest BCUT2D eigenvalue weighted by molar-refractivity contribution is 5.18. The molecule has 1 rings (SSSR count). The summed E-state index contributed by atoms with van der Waals surface area (Å²) in [6, 6.07) is 0. The smallest absolute Gasteiger partial charge is 0.157 e. The Morgan fingerprint density at radius 3 is 2.43 bits per heavy atom. The molecule has 1 atom stereocenters. The Bertz CT molecular complexity index is 356. The van der Waals surface area contributed by atoms with Crippen LogP contribution in [0.5, 0.6) is 0 Å². The maximum Gasteiger partial charge on any atom is 0.157 e. The van der Waals surface area contributed by atoms with Gasteiger partial charge >= 0.3 is 0 Å². The van der Waals surface area contributed by atoms with Crippen molar-refractivity contribution in [2.75, 3.05) is 13.2 Å². The number of hydrogen-bond acceptors (Lipinski definition) is 2. The van der Waals surface area contributed by atoms with Crippen molar-refractivity contribution in [1.82, 2.24) is 0 Å². The van der Waals surface area contributed by atoms with E-state index in [0.717, 1.165) is 26.1 Å². The van der Waals surface area contributed by atoms with Gasteiger partial charge < -0.3 is 9.47 Å². The fourth-order valence-electron chi connectivity index (χ4n) is 2.68. The Morgan fingerprint density at radius 1 is 1.00 bits per heavy atom. The first-order chi connectivity index (χ1) is 11.4. The zero-order valence-electron chi connectivity index (χ0n) is 14.7. The van der Waals surface area contributed by atoms with Crippen LogP contribution in [0, 0.1) is 11.8 Å². The summed E-state index contributed by atoms with van der Waals surface area (Å²) in [6.07, 6.45) is 20.5. The second kappa shape index (κ2) is 15.8. The second-order valence-electron chi connectivity index (χ2n) is 6.16. The molecule has 1 unspecified atom stereocenters. The summed E-state index contributed by atoms with van der Waals surface area (Å²) in [5.74, 6) is 6.18. The molecule has 0 spiro atoms. The summed E-state index contributed by atoms with van der Waals surface area (Å²) < 4.78 is 11.3. The van der Waals surface area contributed by atoms with E-state index in [1.165, 1.54) is 64.2 Å². The largest absolute Gasteiger partial charge is 0.353 e. The lowest BCUT2D eigenvalue weighted by atomic mass is 10.1. The average Bonchev–Trinajstić information content (AvgIpc) is 2.59. The molecule has 0 N–H and O–H groups in total. The van der Waals surface area contributed by atoms with E-state index in [1.54, 1.807) is 6.08 Å². The Morgan fingerprint density at radius 2 is 1.74 bits per heavy atom. The first kappa shape index (κ1) is 20.0. The molecular formula is C21H34O2. The third kappa shape index (κ3) is 13.1. The van der Waals surface area contributed by atoms with Gasteiger partial charge in [0.25, 0.3) is 0 Å². The lowest BCUT2D eigenvalue weighted by Gasteiger charge is -2.22. The Labute approximate surface area is 143 Å². The third-order valence-corrected chi connectivity index (χ3v) is 4.06. The summed E-state index contributed by atoms with van der Waals surface area (Å²) in [4.78, 5) is 0. The fraction of sp³-hybridized carbons (Fsp3) is 0.714. The molecule has 1 fully saturated rings. The van der Waals surface area contributed by atoms with Gasteiger partial charge in [0.1, 0.15) is 0 Å². The molecular weight excluding hydrogens is 284 g/mol. The van der Waals surface area contributed by atoms with Crippen LogP contribution < -0.4 is 0 Å². The maximum absolute atomic E-state index is 5.74. The number of ether oxygens (including phenoxy) is 2. The normalized spacial score (nSPS) is 17.8. The molecule has 2 heteroatoms. The molecule has 0 saturated carbocycles. The Kier molecular flexibility index (Phi) is 13.8. The van der Waals surface area contributed by atoms with Crippen LogP contribution in [0.2, 0.25) is 0 Å². The van der Waals surface area contributed by atoms with E-state index < -0.39 is 0 Å². The molecule has 0 aromatic heterocycles. The fourth-order valence-corrected chi connectivity index (χ4v) is 2.68. The molecule has 1 heterocycles. The molecule has 0 aromatic carbocycles. The topological polar surface area (TPSA) is 18.5 Å². The van der Waals surface area contributed by atoms with Gasteiger partial charge in [-0.1, -0.05) is 69.1 Å². The van der Waals surface area contributed by atoms with Gasteiger partial charge in [-0.3, -0.25) is 0 Å². The van der Waals surface area contributed by atoms with Gasteiger partial charge in [-0.15, -0.1) is 0 Å². The molecule has 0 bridgehead atoms. The van der Waals surface area contributed by atoms with Crippen LogP contribution in [0.25, 0.3) is 0 Å². The van der Waals surface area contributed by atoms with E-state index in [2.05, 4.69) is 18.4 Å². The lowest BCUT2D eigenvalue weighted by Crippen LogP contribution is -2.22. The quantitative estimate of drug-likeness (QED) is 0.258. The van der Waals surface area contributed by atoms with Gasteiger partial charge in [0.15, 0.2) is 6.29 Å². The Hall–Kier alpha value is -1.04. The predicted molar refractivity (Wildman–Crippen MR) is 98.2 cm³/mol. The van der Waals surface area contributed by atoms with E-state index >= 15 is 0 Å². The highest BCUT2D eigenvalue weighted by Gasteiger charge is 2.13. The highest BCUT2D eigenvalue weighted by atomic mass is 16.7. The molecule has 0 aromatic rings. The van der Waals surface area contributed by atoms with Crippen molar-refractivity contribution in [3.05, 3.63) is 24.8 Å². The second-order valence-corrected chi connectivity index (χ2v) is 6.16. The van der Waals surface area contributed by atoms with E-state index in [4.69, 9.17) is 9.47 Å². The SMILES string of the molecule is C=C/C=C/C#CCCCCCCCCCCOC1CCCCO1. The van der Waals surface area contributed by atoms with E-state index in [1.807, 2.05) is 12.2 Å². The van der Waals surface area contributed by atoms with Crippen molar-refractivity contribution in [3.8, 4) is 11.8 Å². The molecule has 130 valence electrons. The molecule has 0 amide bonds. The van der Waals surface area contributed by atoms with Gasteiger partial charge in [-0.2, -0.15) is 0 Å². The number of rotatable bonds is 12. The summed E-state index contributed by atoms with van der Waals surface area (Å²) in [6.45, 7) is 5.36. The van der Waals surface area contributed by atoms with Crippen LogP contribution in [-0.2, 0) is 9.47 Å². The lowest BCUT2D eigenvalue weighted by molar-refractivity contribution is -0.162. The van der Waals surface area contributed by atoms with Crippen LogP contribution >= 0.6 is 0 Å². The molecule has 1 saturated heterocycles. The van der Waals surface area contributed by atoms with Crippen LogP contribution in [0.15, 0.2) is 24.8 Å². The molecule has 1 aliphatic heterocycles. The zero-order valence-corrected chi connectivity index (χ0v) is 14.7. The summed E-state index contributed by atoms with van der Waals surface area (Å²) in [5, 5.41) is 0. The predicted octanol–water partition coefficient (Wildman–Crippen LogP) is 5.79. The van der Waals surface area contributed by atoms with Gasteiger partial charge in [0, 0.05) is 19.6 Å². The van der Waals surface area contributed by atoms with Crippen LogP contribution in [-0.4, -0.2) is 19.5 Å². The maximum atomic E-state index is 5.74. The van der Waals surface area contributed by atoms with Crippen molar-refractivity contribution < 1.29 is 9.47 Å². The third-order valence-electron chi connectivity index (χ3n) is 4.06. The van der Waals surface area contributed by atoms with E-state index in [9.17, 15) is 0 Å². The van der Waals surface area contributed by atoms with Gasteiger partial charge in [-0.05, 0) is 38.2 Å². The van der Waals surface area contributed by atoms with Crippen molar-refractivity contribution in [3.63, 3.8) is 0 Å². The highest BCUT2D eigenvalue weighted by Crippen LogP contribution is 2.14. The summed E-state index contributed by atoms with van der Waals surface area (Å²) in [7, 11) is 0. The van der Waals surface area contributed by atoms with Crippen molar-refractivity contribution >= 4 is 0 Å². The molecule has 23 heavy (non-hydrogen) atoms. The standard InChI is InChI=1S/C21H34O2/c1-2-3-4-5-6-7-8-9-10-11-12-13-14-16-19-22-21-18-15-17-20-23-21/h2-4,21H,1,7-20H2/b4-3+. The summed E-state index contributed by atoms with van der Waals surface area (Å²) >= 11 is 0. The molecule has 0 radical (unpaired) electrons. The van der Waals surface area contributed by atoms with Gasteiger partial charge in [0.2, 0.25) is 0 Å². The molecule has 0 aliphatic carbocycles.